The Morgan fingerprint density at radius 2 is 1.38 bits per heavy atom. The van der Waals surface area contributed by atoms with Crippen LogP contribution in [0.4, 0.5) is 0 Å². The number of carbonyl (C=O) groups excluding carboxylic acids is 1. The molecule has 0 radical (unpaired) electrons. The quantitative estimate of drug-likeness (QED) is 0.384. The summed E-state index contributed by atoms with van der Waals surface area (Å²) >= 11 is 0. The number of benzene rings is 1. The number of rotatable bonds is 13. The summed E-state index contributed by atoms with van der Waals surface area (Å²) in [6, 6.07) is 6.34. The van der Waals surface area contributed by atoms with Gasteiger partial charge in [0.15, 0.2) is 0 Å². The normalized spacial score (nSPS) is 10.6. The molecule has 134 valence electrons. The zero-order valence-electron chi connectivity index (χ0n) is 15.0. The van der Waals surface area contributed by atoms with Crippen molar-refractivity contribution in [3.63, 3.8) is 0 Å². The molecule has 0 heterocycles. The maximum Gasteiger partial charge on any atom is 0.488 e. The minimum atomic E-state index is -1.49. The van der Waals surface area contributed by atoms with E-state index in [1.165, 1.54) is 51.4 Å². The van der Waals surface area contributed by atoms with E-state index in [1.54, 1.807) is 24.3 Å². The summed E-state index contributed by atoms with van der Waals surface area (Å²) in [5, 5.41) is 21.0. The molecule has 0 fully saturated rings. The van der Waals surface area contributed by atoms with Crippen LogP contribution in [0.2, 0.25) is 0 Å². The van der Waals surface area contributed by atoms with Gasteiger partial charge in [0.1, 0.15) is 0 Å². The van der Waals surface area contributed by atoms with Crippen molar-refractivity contribution in [3.8, 4) is 0 Å². The lowest BCUT2D eigenvalue weighted by Gasteiger charge is -2.06. The standard InChI is InChI=1S/C19H32BNO3/c1-2-3-4-5-6-7-8-9-10-11-16-21-19(22)17-12-14-18(15-13-17)20(23)24/h12-15,23-24H,2-11,16H2,1H3,(H,21,22). The van der Waals surface area contributed by atoms with Crippen molar-refractivity contribution in [1.82, 2.24) is 5.32 Å². The summed E-state index contributed by atoms with van der Waals surface area (Å²) < 4.78 is 0. The molecule has 3 N–H and O–H groups in total. The molecule has 0 spiro atoms. The molecule has 5 heteroatoms. The number of nitrogens with one attached hydrogen (secondary N) is 1. The lowest BCUT2D eigenvalue weighted by atomic mass is 9.80. The maximum absolute atomic E-state index is 12.0. The second-order valence-corrected chi connectivity index (χ2v) is 6.43. The molecule has 0 aliphatic rings. The van der Waals surface area contributed by atoms with Gasteiger partial charge in [-0.25, -0.2) is 0 Å². The molecular weight excluding hydrogens is 301 g/mol. The molecule has 1 rings (SSSR count). The van der Waals surface area contributed by atoms with Gasteiger partial charge in [0.2, 0.25) is 0 Å². The van der Waals surface area contributed by atoms with Crippen molar-refractivity contribution in [2.24, 2.45) is 0 Å². The van der Waals surface area contributed by atoms with Crippen LogP contribution in [0.5, 0.6) is 0 Å². The predicted octanol–water partition coefficient (Wildman–Crippen LogP) is 3.02. The number of unbranched alkanes of at least 4 members (excludes halogenated alkanes) is 9. The molecule has 24 heavy (non-hydrogen) atoms. The first kappa shape index (κ1) is 20.7. The molecule has 1 aromatic rings. The minimum Gasteiger partial charge on any atom is -0.423 e. The Labute approximate surface area is 146 Å². The first-order chi connectivity index (χ1) is 11.6. The SMILES string of the molecule is CCCCCCCCCCCCNC(=O)c1ccc(B(O)O)cc1. The zero-order chi connectivity index (χ0) is 17.6. The van der Waals surface area contributed by atoms with Crippen molar-refractivity contribution in [1.29, 1.82) is 0 Å². The van der Waals surface area contributed by atoms with Gasteiger partial charge < -0.3 is 15.4 Å². The first-order valence-corrected chi connectivity index (χ1v) is 9.39. The Kier molecular flexibility index (Phi) is 11.2. The lowest BCUT2D eigenvalue weighted by molar-refractivity contribution is 0.0953. The molecular formula is C19H32BNO3. The fraction of sp³-hybridized carbons (Fsp3) is 0.632. The third-order valence-electron chi connectivity index (χ3n) is 4.29. The summed E-state index contributed by atoms with van der Waals surface area (Å²) in [5.74, 6) is -0.107. The van der Waals surface area contributed by atoms with Crippen LogP contribution in [0.1, 0.15) is 81.5 Å². The molecule has 0 saturated carbocycles. The van der Waals surface area contributed by atoms with Crippen molar-refractivity contribution in [3.05, 3.63) is 29.8 Å². The average Bonchev–Trinajstić information content (AvgIpc) is 2.59. The molecule has 1 amide bonds. The summed E-state index contributed by atoms with van der Waals surface area (Å²) in [6.07, 6.45) is 12.8. The van der Waals surface area contributed by atoms with Gasteiger partial charge in [-0.2, -0.15) is 0 Å². The van der Waals surface area contributed by atoms with E-state index in [0.29, 0.717) is 17.6 Å². The van der Waals surface area contributed by atoms with Gasteiger partial charge in [-0.05, 0) is 24.0 Å². The predicted molar refractivity (Wildman–Crippen MR) is 100 cm³/mol. The Balaban J connectivity index is 2.01. The summed E-state index contributed by atoms with van der Waals surface area (Å²) in [7, 11) is -1.49. The van der Waals surface area contributed by atoms with Crippen LogP contribution in [0.3, 0.4) is 0 Å². The highest BCUT2D eigenvalue weighted by Gasteiger charge is 2.11. The van der Waals surface area contributed by atoms with Crippen LogP contribution < -0.4 is 10.8 Å². The van der Waals surface area contributed by atoms with Gasteiger partial charge in [0.25, 0.3) is 5.91 Å². The Bertz CT molecular complexity index is 448. The Morgan fingerprint density at radius 3 is 1.88 bits per heavy atom. The van der Waals surface area contributed by atoms with E-state index in [1.807, 2.05) is 0 Å². The molecule has 0 aromatic heterocycles. The number of carbonyl (C=O) groups is 1. The van der Waals surface area contributed by atoms with Gasteiger partial charge in [0.05, 0.1) is 0 Å². The van der Waals surface area contributed by atoms with Gasteiger partial charge in [-0.1, -0.05) is 76.8 Å². The fourth-order valence-corrected chi connectivity index (χ4v) is 2.72. The van der Waals surface area contributed by atoms with Crippen molar-refractivity contribution < 1.29 is 14.8 Å². The van der Waals surface area contributed by atoms with E-state index in [9.17, 15) is 4.79 Å². The van der Waals surface area contributed by atoms with Crippen LogP contribution in [-0.2, 0) is 0 Å². The van der Waals surface area contributed by atoms with Crippen LogP contribution in [0.15, 0.2) is 24.3 Å². The van der Waals surface area contributed by atoms with Gasteiger partial charge in [0, 0.05) is 12.1 Å². The second-order valence-electron chi connectivity index (χ2n) is 6.43. The van der Waals surface area contributed by atoms with Crippen LogP contribution in [-0.4, -0.2) is 29.6 Å². The molecule has 4 nitrogen and oxygen atoms in total. The molecule has 0 saturated heterocycles. The van der Waals surface area contributed by atoms with Crippen molar-refractivity contribution in [2.75, 3.05) is 6.54 Å². The van der Waals surface area contributed by atoms with E-state index in [4.69, 9.17) is 10.0 Å². The van der Waals surface area contributed by atoms with Crippen LogP contribution in [0.25, 0.3) is 0 Å². The largest absolute Gasteiger partial charge is 0.488 e. The zero-order valence-corrected chi connectivity index (χ0v) is 15.0. The topological polar surface area (TPSA) is 69.6 Å². The third kappa shape index (κ3) is 9.09. The molecule has 1 aromatic carbocycles. The van der Waals surface area contributed by atoms with Crippen molar-refractivity contribution >= 4 is 18.5 Å². The highest BCUT2D eigenvalue weighted by Crippen LogP contribution is 2.10. The van der Waals surface area contributed by atoms with E-state index >= 15 is 0 Å². The number of hydrogen-bond acceptors (Lipinski definition) is 3. The Morgan fingerprint density at radius 1 is 0.875 bits per heavy atom. The maximum atomic E-state index is 12.0. The van der Waals surface area contributed by atoms with Crippen molar-refractivity contribution in [2.45, 2.75) is 71.1 Å². The smallest absolute Gasteiger partial charge is 0.423 e. The van der Waals surface area contributed by atoms with Crippen LogP contribution in [0, 0.1) is 0 Å². The van der Waals surface area contributed by atoms with E-state index < -0.39 is 7.12 Å². The number of hydrogen-bond donors (Lipinski definition) is 3. The monoisotopic (exact) mass is 333 g/mol. The molecule has 0 aliphatic carbocycles. The summed E-state index contributed by atoms with van der Waals surface area (Å²) in [5.41, 5.74) is 0.938. The third-order valence-corrected chi connectivity index (χ3v) is 4.29. The lowest BCUT2D eigenvalue weighted by Crippen LogP contribution is -2.30. The van der Waals surface area contributed by atoms with E-state index in [2.05, 4.69) is 12.2 Å². The van der Waals surface area contributed by atoms with E-state index in [0.717, 1.165) is 12.8 Å². The Hall–Kier alpha value is -1.33. The van der Waals surface area contributed by atoms with Crippen LogP contribution >= 0.6 is 0 Å². The highest BCUT2D eigenvalue weighted by molar-refractivity contribution is 6.58. The van der Waals surface area contributed by atoms with Gasteiger partial charge in [-0.3, -0.25) is 4.79 Å². The molecule has 0 aliphatic heterocycles. The minimum absolute atomic E-state index is 0.107. The molecule has 0 atom stereocenters. The first-order valence-electron chi connectivity index (χ1n) is 9.39. The second kappa shape index (κ2) is 13.0. The van der Waals surface area contributed by atoms with Gasteiger partial charge >= 0.3 is 7.12 Å². The average molecular weight is 333 g/mol. The van der Waals surface area contributed by atoms with E-state index in [-0.39, 0.29) is 5.91 Å². The van der Waals surface area contributed by atoms with Gasteiger partial charge in [-0.15, -0.1) is 0 Å². The fourth-order valence-electron chi connectivity index (χ4n) is 2.72. The summed E-state index contributed by atoms with van der Waals surface area (Å²) in [6.45, 7) is 2.94. The summed E-state index contributed by atoms with van der Waals surface area (Å²) in [4.78, 5) is 12.0. The number of amides is 1. The highest BCUT2D eigenvalue weighted by atomic mass is 16.4. The molecule has 0 unspecified atom stereocenters. The molecule has 0 bridgehead atoms.